The van der Waals surface area contributed by atoms with Crippen LogP contribution in [0.15, 0.2) is 194 Å². The van der Waals surface area contributed by atoms with Crippen molar-refractivity contribution in [2.45, 2.75) is 153 Å². The van der Waals surface area contributed by atoms with Crippen LogP contribution in [0.1, 0.15) is 159 Å². The minimum atomic E-state index is 0.0164. The van der Waals surface area contributed by atoms with Gasteiger partial charge in [-0.3, -0.25) is 0 Å². The van der Waals surface area contributed by atoms with Crippen LogP contribution in [0, 0.1) is 83.1 Å². The number of aromatic nitrogens is 4. The second-order valence-corrected chi connectivity index (χ2v) is 31.4. The van der Waals surface area contributed by atoms with Crippen molar-refractivity contribution in [3.63, 3.8) is 0 Å². The van der Waals surface area contributed by atoms with E-state index in [-0.39, 0.29) is 10.8 Å². The van der Waals surface area contributed by atoms with Crippen molar-refractivity contribution in [2.24, 2.45) is 28.2 Å². The van der Waals surface area contributed by atoms with Crippen LogP contribution in [-0.2, 0) is 39.0 Å². The van der Waals surface area contributed by atoms with Gasteiger partial charge in [0.2, 0.25) is 22.8 Å². The van der Waals surface area contributed by atoms with Gasteiger partial charge in [0.1, 0.15) is 28.2 Å². The van der Waals surface area contributed by atoms with Crippen molar-refractivity contribution in [1.29, 1.82) is 0 Å². The van der Waals surface area contributed by atoms with Gasteiger partial charge in [0.05, 0.1) is 43.8 Å². The molecule has 0 N–H and O–H groups in total. The summed E-state index contributed by atoms with van der Waals surface area (Å²) in [7, 11) is 8.82. The molecule has 4 aromatic heterocycles. The molecule has 18 rings (SSSR count). The molecule has 1 saturated carbocycles. The lowest BCUT2D eigenvalue weighted by Crippen LogP contribution is -2.39. The Balaban J connectivity index is 0.000000110. The van der Waals surface area contributed by atoms with Crippen LogP contribution in [0.3, 0.4) is 0 Å². The molecule has 0 spiro atoms. The maximum Gasteiger partial charge on any atom is 0.221 e. The van der Waals surface area contributed by atoms with E-state index in [9.17, 15) is 0 Å². The zero-order valence-electron chi connectivity index (χ0n) is 63.5. The van der Waals surface area contributed by atoms with Gasteiger partial charge in [0.25, 0.3) is 0 Å². The molecule has 1 fully saturated rings. The van der Waals surface area contributed by atoms with Gasteiger partial charge in [-0.1, -0.05) is 185 Å². The molecule has 0 aliphatic heterocycles. The van der Waals surface area contributed by atoms with E-state index >= 15 is 0 Å². The third kappa shape index (κ3) is 10.5. The van der Waals surface area contributed by atoms with Crippen LogP contribution in [0.25, 0.3) is 110 Å². The highest BCUT2D eigenvalue weighted by Gasteiger charge is 2.42. The van der Waals surface area contributed by atoms with Crippen molar-refractivity contribution < 1.29 is 18.3 Å². The summed E-state index contributed by atoms with van der Waals surface area (Å²) in [6.45, 7) is 36.3. The van der Waals surface area contributed by atoms with Gasteiger partial charge < -0.3 is 0 Å². The lowest BCUT2D eigenvalue weighted by atomic mass is 9.68. The standard InChI is InChI=1S/C28H28N.C24H26N.C23H22N.C22H24N/c1-17-15-24-21-12-9-10-14-25(21)28(4,5)26(24)16-23(17)27-22-13-8-7-11-20(22)18(2)19(3)29(27)6;1-14-11-22-17-9-10-18(12-17)23(22)13-21(14)24-20-8-6-5-7-19(20)15(2)16(3)25(24)4;1-15-13-18-9-5-6-10-19(18)14-22(15)23-21-12-8-7-11-20(21)16(2)17(3)24(23)4;1-13-9-7-11-17-19(13)21-20-16(14(2)15(3)23(21)6)10-8-12-18(20)22(17,4)5/h7-16H,1-6H3;5-8,11,13,17-18H,9-10,12H2,1-4H3;5-14H,1-4H3;7-12H,1-6H3/q4*+1. The Kier molecular flexibility index (Phi) is 16.6. The number of hydrogen-bond donors (Lipinski definition) is 0. The average molecular weight is 1320 g/mol. The van der Waals surface area contributed by atoms with Crippen LogP contribution in [-0.4, -0.2) is 0 Å². The quantitative estimate of drug-likeness (QED) is 0.157. The van der Waals surface area contributed by atoms with Crippen molar-refractivity contribution >= 4 is 53.9 Å². The fourth-order valence-corrected chi connectivity index (χ4v) is 18.8. The predicted octanol–water partition coefficient (Wildman–Crippen LogP) is 22.5. The van der Waals surface area contributed by atoms with Gasteiger partial charge in [-0.2, -0.15) is 18.3 Å². The Morgan fingerprint density at radius 2 is 0.663 bits per heavy atom. The van der Waals surface area contributed by atoms with Crippen LogP contribution in [0.5, 0.6) is 0 Å². The number of fused-ring (bicyclic) bond motifs is 14. The molecule has 0 amide bonds. The molecule has 504 valence electrons. The Morgan fingerprint density at radius 3 is 1.21 bits per heavy atom. The molecule has 2 bridgehead atoms. The van der Waals surface area contributed by atoms with E-state index in [1.807, 2.05) is 0 Å². The minimum absolute atomic E-state index is 0.0164. The molecule has 4 heteroatoms. The summed E-state index contributed by atoms with van der Waals surface area (Å²) in [5, 5.41) is 13.5. The predicted molar refractivity (Wildman–Crippen MR) is 426 cm³/mol. The minimum Gasteiger partial charge on any atom is -0.198 e. The van der Waals surface area contributed by atoms with Crippen molar-refractivity contribution in [3.05, 3.63) is 295 Å². The Hall–Kier alpha value is -9.90. The molecule has 4 aliphatic carbocycles. The molecule has 4 aliphatic rings. The molecule has 10 aromatic carbocycles. The first kappa shape index (κ1) is 67.0. The van der Waals surface area contributed by atoms with Crippen molar-refractivity contribution in [2.75, 3.05) is 0 Å². The fraction of sp³-hybridized carbons (Fsp3) is 0.278. The van der Waals surface area contributed by atoms with Crippen molar-refractivity contribution in [3.8, 4) is 56.2 Å². The molecular formula is C97H100N4+4. The zero-order valence-corrected chi connectivity index (χ0v) is 63.5. The van der Waals surface area contributed by atoms with Crippen molar-refractivity contribution in [1.82, 2.24) is 0 Å². The Morgan fingerprint density at radius 1 is 0.287 bits per heavy atom. The third-order valence-electron chi connectivity index (χ3n) is 25.4. The number of nitrogens with zero attached hydrogens (tertiary/aromatic N) is 4. The van der Waals surface area contributed by atoms with E-state index in [0.717, 1.165) is 11.8 Å². The summed E-state index contributed by atoms with van der Waals surface area (Å²) < 4.78 is 9.51. The highest BCUT2D eigenvalue weighted by molar-refractivity contribution is 6.03. The monoisotopic (exact) mass is 1320 g/mol. The van der Waals surface area contributed by atoms with Gasteiger partial charge >= 0.3 is 0 Å². The van der Waals surface area contributed by atoms with Gasteiger partial charge in [0.15, 0.2) is 22.8 Å². The first-order valence-electron chi connectivity index (χ1n) is 36.9. The van der Waals surface area contributed by atoms with E-state index in [4.69, 9.17) is 0 Å². The van der Waals surface area contributed by atoms with Gasteiger partial charge in [-0.15, -0.1) is 0 Å². The summed E-state index contributed by atoms with van der Waals surface area (Å²) in [6.07, 6.45) is 4.18. The maximum absolute atomic E-state index is 2.53. The van der Waals surface area contributed by atoms with Crippen LogP contribution >= 0.6 is 0 Å². The molecular weight excluding hydrogens is 1220 g/mol. The first-order chi connectivity index (χ1) is 48.3. The van der Waals surface area contributed by atoms with E-state index in [1.54, 1.807) is 11.1 Å². The molecule has 4 heterocycles. The average Bonchev–Trinajstić information content (AvgIpc) is 1.49. The normalized spacial score (nSPS) is 15.4. The summed E-state index contributed by atoms with van der Waals surface area (Å²) in [6, 6.07) is 72.0. The topological polar surface area (TPSA) is 15.5 Å². The maximum atomic E-state index is 2.53. The Bertz CT molecular complexity index is 5830. The van der Waals surface area contributed by atoms with Crippen LogP contribution in [0.2, 0.25) is 0 Å². The summed E-state index contributed by atoms with van der Waals surface area (Å²) in [5.41, 5.74) is 39.0. The molecule has 2 atom stereocenters. The SMILES string of the molecule is Cc1cc2c(cc1-c1c3ccccc3c(C)c(C)[n+]1C)C(C)(C)c1ccccc1-2.Cc1cc2c(cc1-c1c3ccccc3c(C)c(C)[n+]1C)C1CCC2C1.Cc1cc2ccccc2cc1-c1c2ccccc2c(C)c(C)[n+]1C.Cc1cccc2c1-c1c3c(cccc3c(C)c(C)[n+]1C)C2(C)C. The summed E-state index contributed by atoms with van der Waals surface area (Å²) >= 11 is 0. The van der Waals surface area contributed by atoms with Crippen LogP contribution in [0.4, 0.5) is 0 Å². The highest BCUT2D eigenvalue weighted by Crippen LogP contribution is 2.55. The summed E-state index contributed by atoms with van der Waals surface area (Å²) in [4.78, 5) is 0. The number of aryl methyl sites for hydroxylation is 8. The van der Waals surface area contributed by atoms with E-state index in [0.29, 0.717) is 0 Å². The van der Waals surface area contributed by atoms with Gasteiger partial charge in [-0.05, 0) is 222 Å². The third-order valence-corrected chi connectivity index (χ3v) is 25.4. The highest BCUT2D eigenvalue weighted by atomic mass is 15.0. The molecule has 4 nitrogen and oxygen atoms in total. The first-order valence-corrected chi connectivity index (χ1v) is 36.9. The lowest BCUT2D eigenvalue weighted by molar-refractivity contribution is -0.666. The molecule has 0 saturated heterocycles. The zero-order chi connectivity index (χ0) is 71.2. The van der Waals surface area contributed by atoms with Crippen LogP contribution < -0.4 is 18.3 Å². The largest absolute Gasteiger partial charge is 0.221 e. The lowest BCUT2D eigenvalue weighted by Gasteiger charge is -2.34. The molecule has 0 radical (unpaired) electrons. The number of pyridine rings is 4. The van der Waals surface area contributed by atoms with Gasteiger partial charge in [0, 0.05) is 60.8 Å². The van der Waals surface area contributed by atoms with E-state index < -0.39 is 0 Å². The Labute approximate surface area is 600 Å². The van der Waals surface area contributed by atoms with E-state index in [1.165, 1.54) is 219 Å². The van der Waals surface area contributed by atoms with Gasteiger partial charge in [-0.25, -0.2) is 0 Å². The molecule has 101 heavy (non-hydrogen) atoms. The second kappa shape index (κ2) is 25.0. The number of benzene rings is 10. The smallest absolute Gasteiger partial charge is 0.198 e. The summed E-state index contributed by atoms with van der Waals surface area (Å²) in [5.74, 6) is 1.64. The number of hydrogen-bond acceptors (Lipinski definition) is 0. The number of rotatable bonds is 3. The van der Waals surface area contributed by atoms with E-state index in [2.05, 4.69) is 351 Å². The molecule has 14 aromatic rings. The molecule has 2 unspecified atom stereocenters. The second-order valence-electron chi connectivity index (χ2n) is 31.4. The fourth-order valence-electron chi connectivity index (χ4n) is 18.8.